The lowest BCUT2D eigenvalue weighted by molar-refractivity contribution is 0.741. The number of rotatable bonds is 5. The van der Waals surface area contributed by atoms with Crippen LogP contribution in [0.25, 0.3) is 0 Å². The van der Waals surface area contributed by atoms with E-state index in [2.05, 4.69) is 67.1 Å². The first kappa shape index (κ1) is 14.0. The van der Waals surface area contributed by atoms with Crippen molar-refractivity contribution in [3.05, 3.63) is 34.3 Å². The Bertz CT molecular complexity index is 316. The summed E-state index contributed by atoms with van der Waals surface area (Å²) in [5.74, 6) is 0. The van der Waals surface area contributed by atoms with E-state index in [1.54, 1.807) is 5.56 Å². The van der Waals surface area contributed by atoms with Gasteiger partial charge in [-0.1, -0.05) is 67.5 Å². The topological polar surface area (TPSA) is 0 Å². The number of hydrogen-bond donors (Lipinski definition) is 0. The van der Waals surface area contributed by atoms with Crippen LogP contribution in [-0.2, 0) is 0 Å². The van der Waals surface area contributed by atoms with Gasteiger partial charge in [0.15, 0.2) is 0 Å². The fourth-order valence-electron chi connectivity index (χ4n) is 2.24. The summed E-state index contributed by atoms with van der Waals surface area (Å²) in [5, 5.41) is 0. The van der Waals surface area contributed by atoms with E-state index in [0.717, 1.165) is 5.54 Å². The zero-order chi connectivity index (χ0) is 12.2. The van der Waals surface area contributed by atoms with E-state index in [-0.39, 0.29) is 0 Å². The molecule has 0 saturated heterocycles. The molecule has 1 atom stereocenters. The summed E-state index contributed by atoms with van der Waals surface area (Å²) in [6.45, 7) is 9.70. The third-order valence-electron chi connectivity index (χ3n) is 3.70. The molecule has 1 aromatic rings. The minimum Gasteiger partial charge on any atom is -0.0689 e. The van der Waals surface area contributed by atoms with Crippen molar-refractivity contribution < 1.29 is 0 Å². The highest BCUT2D eigenvalue weighted by Gasteiger charge is 2.30. The molecule has 0 radical (unpaired) electrons. The Morgan fingerprint density at radius 1 is 1.12 bits per heavy atom. The van der Waals surface area contributed by atoms with Crippen molar-refractivity contribution in [1.82, 2.24) is 0 Å². The van der Waals surface area contributed by atoms with Gasteiger partial charge in [0.05, 0.1) is 8.07 Å². The van der Waals surface area contributed by atoms with Gasteiger partial charge in [-0.3, -0.25) is 0 Å². The predicted molar refractivity (Wildman–Crippen MR) is 79.8 cm³/mol. The van der Waals surface area contributed by atoms with Gasteiger partial charge < -0.3 is 0 Å². The SMILES string of the molecule is CCCC(c1ccc(Br)cc1)[Si](C)(C)CC. The molecule has 0 aliphatic rings. The van der Waals surface area contributed by atoms with Crippen molar-refractivity contribution in [3.8, 4) is 0 Å². The van der Waals surface area contributed by atoms with Gasteiger partial charge in [-0.25, -0.2) is 0 Å². The van der Waals surface area contributed by atoms with E-state index in [0.29, 0.717) is 0 Å². The molecule has 0 aliphatic heterocycles. The zero-order valence-corrected chi connectivity index (χ0v) is 13.5. The summed E-state index contributed by atoms with van der Waals surface area (Å²) in [4.78, 5) is 0. The van der Waals surface area contributed by atoms with Crippen LogP contribution in [0.2, 0.25) is 19.1 Å². The molecule has 16 heavy (non-hydrogen) atoms. The maximum Gasteiger partial charge on any atom is 0.0549 e. The van der Waals surface area contributed by atoms with Crippen LogP contribution in [0.5, 0.6) is 0 Å². The van der Waals surface area contributed by atoms with Crippen LogP contribution in [0.4, 0.5) is 0 Å². The Hall–Kier alpha value is -0.0831. The molecule has 0 N–H and O–H groups in total. The third kappa shape index (κ3) is 3.46. The molecule has 90 valence electrons. The minimum absolute atomic E-state index is 0.815. The van der Waals surface area contributed by atoms with Crippen molar-refractivity contribution in [2.24, 2.45) is 0 Å². The quantitative estimate of drug-likeness (QED) is 0.621. The monoisotopic (exact) mass is 298 g/mol. The van der Waals surface area contributed by atoms with Crippen LogP contribution >= 0.6 is 15.9 Å². The van der Waals surface area contributed by atoms with E-state index in [9.17, 15) is 0 Å². The van der Waals surface area contributed by atoms with Crippen LogP contribution < -0.4 is 0 Å². The summed E-state index contributed by atoms with van der Waals surface area (Å²) in [6, 6.07) is 10.3. The van der Waals surface area contributed by atoms with Crippen LogP contribution in [-0.4, -0.2) is 8.07 Å². The molecule has 0 heterocycles. The highest BCUT2D eigenvalue weighted by molar-refractivity contribution is 9.10. The van der Waals surface area contributed by atoms with Crippen LogP contribution in [0.15, 0.2) is 28.7 Å². The van der Waals surface area contributed by atoms with Gasteiger partial charge in [-0.15, -0.1) is 0 Å². The summed E-state index contributed by atoms with van der Waals surface area (Å²) in [6.07, 6.45) is 2.63. The molecule has 0 spiro atoms. The Morgan fingerprint density at radius 3 is 2.12 bits per heavy atom. The predicted octanol–water partition coefficient (Wildman–Crippen LogP) is 5.60. The normalized spacial score (nSPS) is 13.8. The van der Waals surface area contributed by atoms with Gasteiger partial charge in [0.2, 0.25) is 0 Å². The molecule has 0 aromatic heterocycles. The Labute approximate surface area is 110 Å². The first-order valence-electron chi connectivity index (χ1n) is 6.26. The van der Waals surface area contributed by atoms with E-state index in [4.69, 9.17) is 0 Å². The maximum absolute atomic E-state index is 3.51. The third-order valence-corrected chi connectivity index (χ3v) is 8.56. The fourth-order valence-corrected chi connectivity index (χ4v) is 5.16. The first-order chi connectivity index (χ1) is 7.51. The van der Waals surface area contributed by atoms with Gasteiger partial charge in [-0.2, -0.15) is 0 Å². The lowest BCUT2D eigenvalue weighted by atomic mass is 10.1. The molecule has 0 amide bonds. The van der Waals surface area contributed by atoms with Gasteiger partial charge >= 0.3 is 0 Å². The maximum atomic E-state index is 3.51. The highest BCUT2D eigenvalue weighted by atomic mass is 79.9. The highest BCUT2D eigenvalue weighted by Crippen LogP contribution is 2.34. The molecule has 0 saturated carbocycles. The van der Waals surface area contributed by atoms with Crippen molar-refractivity contribution in [2.75, 3.05) is 0 Å². The molecule has 1 unspecified atom stereocenters. The summed E-state index contributed by atoms with van der Waals surface area (Å²) in [5.41, 5.74) is 2.36. The average Bonchev–Trinajstić information content (AvgIpc) is 2.27. The lowest BCUT2D eigenvalue weighted by Crippen LogP contribution is -2.34. The van der Waals surface area contributed by atoms with Crippen LogP contribution in [0, 0.1) is 0 Å². The molecular formula is C14H23BrSi. The van der Waals surface area contributed by atoms with E-state index < -0.39 is 8.07 Å². The number of hydrogen-bond acceptors (Lipinski definition) is 0. The van der Waals surface area contributed by atoms with E-state index in [1.807, 2.05) is 0 Å². The molecule has 0 aliphatic carbocycles. The molecule has 0 bridgehead atoms. The smallest absolute Gasteiger partial charge is 0.0549 e. The standard InChI is InChI=1S/C14H23BrSi/c1-5-7-14(16(3,4)6-2)12-8-10-13(15)11-9-12/h8-11,14H,5-7H2,1-4H3. The fraction of sp³-hybridized carbons (Fsp3) is 0.571. The Morgan fingerprint density at radius 2 is 1.69 bits per heavy atom. The zero-order valence-electron chi connectivity index (χ0n) is 10.9. The molecular weight excluding hydrogens is 276 g/mol. The Kier molecular flexibility index (Phi) is 5.26. The van der Waals surface area contributed by atoms with E-state index in [1.165, 1.54) is 23.4 Å². The summed E-state index contributed by atoms with van der Waals surface area (Å²) >= 11 is 3.51. The van der Waals surface area contributed by atoms with Gasteiger partial charge in [0.25, 0.3) is 0 Å². The van der Waals surface area contributed by atoms with Gasteiger partial charge in [0.1, 0.15) is 0 Å². The van der Waals surface area contributed by atoms with Gasteiger partial charge in [0, 0.05) is 4.47 Å². The first-order valence-corrected chi connectivity index (χ1v) is 10.3. The number of benzene rings is 1. The number of halogens is 1. The van der Waals surface area contributed by atoms with Gasteiger partial charge in [-0.05, 0) is 29.7 Å². The van der Waals surface area contributed by atoms with Crippen molar-refractivity contribution >= 4 is 24.0 Å². The second-order valence-electron chi connectivity index (χ2n) is 5.23. The van der Waals surface area contributed by atoms with Crippen LogP contribution in [0.1, 0.15) is 37.8 Å². The average molecular weight is 299 g/mol. The summed E-state index contributed by atoms with van der Waals surface area (Å²) in [7, 11) is -1.10. The molecule has 1 rings (SSSR count). The Balaban J connectivity index is 2.97. The molecule has 0 nitrogen and oxygen atoms in total. The van der Waals surface area contributed by atoms with Crippen molar-refractivity contribution in [2.45, 2.75) is 51.4 Å². The largest absolute Gasteiger partial charge is 0.0689 e. The molecule has 0 fully saturated rings. The molecule has 2 heteroatoms. The van der Waals surface area contributed by atoms with E-state index >= 15 is 0 Å². The second kappa shape index (κ2) is 6.01. The molecule has 1 aromatic carbocycles. The van der Waals surface area contributed by atoms with Crippen molar-refractivity contribution in [1.29, 1.82) is 0 Å². The van der Waals surface area contributed by atoms with Crippen molar-refractivity contribution in [3.63, 3.8) is 0 Å². The lowest BCUT2D eigenvalue weighted by Gasteiger charge is -2.32. The minimum atomic E-state index is -1.10. The van der Waals surface area contributed by atoms with Crippen LogP contribution in [0.3, 0.4) is 0 Å². The summed E-state index contributed by atoms with van der Waals surface area (Å²) < 4.78 is 1.18. The second-order valence-corrected chi connectivity index (χ2v) is 11.5.